The van der Waals surface area contributed by atoms with Gasteiger partial charge in [0.15, 0.2) is 0 Å². The Bertz CT molecular complexity index is 461. The molecule has 0 atom stereocenters. The van der Waals surface area contributed by atoms with Crippen LogP contribution in [0.15, 0.2) is 6.07 Å². The van der Waals surface area contributed by atoms with Gasteiger partial charge in [0.25, 0.3) is 0 Å². The maximum absolute atomic E-state index is 12.6. The maximum atomic E-state index is 12.6. The van der Waals surface area contributed by atoms with Gasteiger partial charge in [-0.2, -0.15) is 13.2 Å². The number of rotatable bonds is 2. The van der Waals surface area contributed by atoms with E-state index in [1.165, 1.54) is 6.07 Å². The molecule has 0 aromatic carbocycles. The SMILES string of the molecule is CC1(Nc2cc(Cl)nc(C(F)(F)F)n2)CCOCC1. The van der Waals surface area contributed by atoms with Crippen LogP contribution in [0.1, 0.15) is 25.6 Å². The molecule has 1 N–H and O–H groups in total. The predicted molar refractivity (Wildman–Crippen MR) is 64.1 cm³/mol. The summed E-state index contributed by atoms with van der Waals surface area (Å²) in [4.78, 5) is 6.66. The van der Waals surface area contributed by atoms with E-state index in [0.29, 0.717) is 26.1 Å². The summed E-state index contributed by atoms with van der Waals surface area (Å²) in [6.45, 7) is 3.04. The molecule has 1 aromatic rings. The molecule has 106 valence electrons. The second kappa shape index (κ2) is 5.13. The van der Waals surface area contributed by atoms with E-state index < -0.39 is 12.0 Å². The van der Waals surface area contributed by atoms with Crippen molar-refractivity contribution in [2.45, 2.75) is 31.5 Å². The summed E-state index contributed by atoms with van der Waals surface area (Å²) in [6.07, 6.45) is -3.23. The number of ether oxygens (including phenoxy) is 1. The molecular weight excluding hydrogens is 283 g/mol. The van der Waals surface area contributed by atoms with Crippen molar-refractivity contribution < 1.29 is 17.9 Å². The van der Waals surface area contributed by atoms with Crippen LogP contribution in [-0.4, -0.2) is 28.7 Å². The van der Waals surface area contributed by atoms with Gasteiger partial charge < -0.3 is 10.1 Å². The van der Waals surface area contributed by atoms with E-state index in [1.807, 2.05) is 6.92 Å². The van der Waals surface area contributed by atoms with Gasteiger partial charge in [0.2, 0.25) is 5.82 Å². The van der Waals surface area contributed by atoms with Crippen molar-refractivity contribution >= 4 is 17.4 Å². The predicted octanol–water partition coefficient (Wildman–Crippen LogP) is 3.13. The van der Waals surface area contributed by atoms with Crippen molar-refractivity contribution in [3.63, 3.8) is 0 Å². The first-order valence-electron chi connectivity index (χ1n) is 5.76. The zero-order valence-corrected chi connectivity index (χ0v) is 11.0. The Morgan fingerprint density at radius 2 is 1.95 bits per heavy atom. The highest BCUT2D eigenvalue weighted by atomic mass is 35.5. The molecule has 2 rings (SSSR count). The van der Waals surface area contributed by atoms with Crippen molar-refractivity contribution in [2.24, 2.45) is 0 Å². The number of nitrogens with one attached hydrogen (secondary N) is 1. The first-order valence-corrected chi connectivity index (χ1v) is 6.14. The van der Waals surface area contributed by atoms with Crippen molar-refractivity contribution in [3.05, 3.63) is 17.0 Å². The molecule has 1 aromatic heterocycles. The molecule has 1 saturated heterocycles. The molecule has 4 nitrogen and oxygen atoms in total. The lowest BCUT2D eigenvalue weighted by Crippen LogP contribution is -2.41. The number of anilines is 1. The number of halogens is 4. The highest BCUT2D eigenvalue weighted by Gasteiger charge is 2.36. The Labute approximate surface area is 113 Å². The van der Waals surface area contributed by atoms with Crippen molar-refractivity contribution in [1.82, 2.24) is 9.97 Å². The van der Waals surface area contributed by atoms with Gasteiger partial charge in [0.1, 0.15) is 11.0 Å². The van der Waals surface area contributed by atoms with Gasteiger partial charge in [0, 0.05) is 24.8 Å². The second-order valence-electron chi connectivity index (χ2n) is 4.70. The van der Waals surface area contributed by atoms with E-state index in [4.69, 9.17) is 16.3 Å². The molecule has 1 aliphatic rings. The fraction of sp³-hybridized carbons (Fsp3) is 0.636. The Kier molecular flexibility index (Phi) is 3.87. The van der Waals surface area contributed by atoms with Crippen LogP contribution >= 0.6 is 11.6 Å². The van der Waals surface area contributed by atoms with Crippen LogP contribution in [0.5, 0.6) is 0 Å². The number of hydrogen-bond donors (Lipinski definition) is 1. The van der Waals surface area contributed by atoms with Crippen molar-refractivity contribution in [3.8, 4) is 0 Å². The van der Waals surface area contributed by atoms with E-state index >= 15 is 0 Å². The minimum atomic E-state index is -4.61. The van der Waals surface area contributed by atoms with Crippen LogP contribution in [0, 0.1) is 0 Å². The third-order valence-corrected chi connectivity index (χ3v) is 3.17. The molecule has 2 heterocycles. The Morgan fingerprint density at radius 3 is 2.53 bits per heavy atom. The average Bonchev–Trinajstić information content (AvgIpc) is 2.27. The molecule has 0 unspecified atom stereocenters. The zero-order chi connectivity index (χ0) is 14.1. The monoisotopic (exact) mass is 295 g/mol. The highest BCUT2D eigenvalue weighted by molar-refractivity contribution is 6.29. The molecule has 0 saturated carbocycles. The molecule has 0 spiro atoms. The third kappa shape index (κ3) is 3.70. The Hall–Kier alpha value is -1.08. The van der Waals surface area contributed by atoms with Crippen LogP contribution in [-0.2, 0) is 10.9 Å². The van der Waals surface area contributed by atoms with Crippen LogP contribution < -0.4 is 5.32 Å². The Morgan fingerprint density at radius 1 is 1.32 bits per heavy atom. The topological polar surface area (TPSA) is 47.0 Å². The fourth-order valence-corrected chi connectivity index (χ4v) is 2.05. The quantitative estimate of drug-likeness (QED) is 0.852. The van der Waals surface area contributed by atoms with Gasteiger partial charge in [-0.15, -0.1) is 0 Å². The third-order valence-electron chi connectivity index (χ3n) is 2.97. The average molecular weight is 296 g/mol. The van der Waals surface area contributed by atoms with Gasteiger partial charge >= 0.3 is 6.18 Å². The Balaban J connectivity index is 2.22. The summed E-state index contributed by atoms with van der Waals surface area (Å²) in [5, 5.41) is 2.76. The molecule has 0 aliphatic carbocycles. The summed E-state index contributed by atoms with van der Waals surface area (Å²) < 4.78 is 43.0. The van der Waals surface area contributed by atoms with Crippen LogP contribution in [0.4, 0.5) is 19.0 Å². The maximum Gasteiger partial charge on any atom is 0.451 e. The van der Waals surface area contributed by atoms with E-state index in [1.54, 1.807) is 0 Å². The van der Waals surface area contributed by atoms with E-state index in [0.717, 1.165) is 0 Å². The van der Waals surface area contributed by atoms with Gasteiger partial charge in [-0.1, -0.05) is 11.6 Å². The van der Waals surface area contributed by atoms with Crippen LogP contribution in [0.25, 0.3) is 0 Å². The van der Waals surface area contributed by atoms with Crippen LogP contribution in [0.2, 0.25) is 5.15 Å². The smallest absolute Gasteiger partial charge is 0.381 e. The highest BCUT2D eigenvalue weighted by Crippen LogP contribution is 2.30. The second-order valence-corrected chi connectivity index (χ2v) is 5.08. The van der Waals surface area contributed by atoms with Gasteiger partial charge in [-0.05, 0) is 19.8 Å². The standard InChI is InChI=1S/C11H13ClF3N3O/c1-10(2-4-19-5-3-10)18-8-6-7(12)16-9(17-8)11(13,14)15/h6H,2-5H2,1H3,(H,16,17,18). The molecule has 0 amide bonds. The molecule has 8 heteroatoms. The summed E-state index contributed by atoms with van der Waals surface area (Å²) in [5.74, 6) is -1.16. The molecule has 0 bridgehead atoms. The summed E-state index contributed by atoms with van der Waals surface area (Å²) >= 11 is 5.60. The van der Waals surface area contributed by atoms with E-state index in [9.17, 15) is 13.2 Å². The molecule has 1 fully saturated rings. The first kappa shape index (κ1) is 14.3. The number of alkyl halides is 3. The number of hydrogen-bond acceptors (Lipinski definition) is 4. The fourth-order valence-electron chi connectivity index (χ4n) is 1.86. The molecule has 19 heavy (non-hydrogen) atoms. The molecule has 0 radical (unpaired) electrons. The van der Waals surface area contributed by atoms with Crippen molar-refractivity contribution in [1.29, 1.82) is 0 Å². The van der Waals surface area contributed by atoms with Gasteiger partial charge in [-0.25, -0.2) is 9.97 Å². The van der Waals surface area contributed by atoms with E-state index in [-0.39, 0.29) is 16.5 Å². The zero-order valence-electron chi connectivity index (χ0n) is 10.2. The number of nitrogens with zero attached hydrogens (tertiary/aromatic N) is 2. The number of aromatic nitrogens is 2. The lowest BCUT2D eigenvalue weighted by molar-refractivity contribution is -0.144. The molecule has 1 aliphatic heterocycles. The summed E-state index contributed by atoms with van der Waals surface area (Å²) in [5.41, 5.74) is -0.348. The first-order chi connectivity index (χ1) is 8.78. The lowest BCUT2D eigenvalue weighted by atomic mass is 9.92. The van der Waals surface area contributed by atoms with Crippen molar-refractivity contribution in [2.75, 3.05) is 18.5 Å². The van der Waals surface area contributed by atoms with E-state index in [2.05, 4.69) is 15.3 Å². The lowest BCUT2D eigenvalue weighted by Gasteiger charge is -2.35. The summed E-state index contributed by atoms with van der Waals surface area (Å²) in [7, 11) is 0. The van der Waals surface area contributed by atoms with Gasteiger partial charge in [-0.3, -0.25) is 0 Å². The minimum absolute atomic E-state index is 0.0803. The largest absolute Gasteiger partial charge is 0.451 e. The summed E-state index contributed by atoms with van der Waals surface area (Å²) in [6, 6.07) is 1.29. The molecular formula is C11H13ClF3N3O. The normalized spacial score (nSPS) is 19.2. The minimum Gasteiger partial charge on any atom is -0.381 e. The van der Waals surface area contributed by atoms with Gasteiger partial charge in [0.05, 0.1) is 0 Å². The van der Waals surface area contributed by atoms with Crippen LogP contribution in [0.3, 0.4) is 0 Å².